The Morgan fingerprint density at radius 1 is 1.40 bits per heavy atom. The van der Waals surface area contributed by atoms with Crippen LogP contribution in [0.2, 0.25) is 0 Å². The molecule has 0 saturated heterocycles. The number of hydrogen-bond donors (Lipinski definition) is 2. The van der Waals surface area contributed by atoms with E-state index in [1.165, 1.54) is 6.20 Å². The van der Waals surface area contributed by atoms with Crippen molar-refractivity contribution in [2.45, 2.75) is 3.74 Å². The minimum absolute atomic E-state index is 0.0274. The maximum atomic E-state index is 11.4. The average molecular weight is 335 g/mol. The summed E-state index contributed by atoms with van der Waals surface area (Å²) in [7, 11) is 0. The molecule has 15 heavy (non-hydrogen) atoms. The number of halogens is 2. The predicted octanol–water partition coefficient (Wildman–Crippen LogP) is 1.08. The van der Waals surface area contributed by atoms with Crippen LogP contribution < -0.4 is 11.3 Å². The second kappa shape index (κ2) is 3.86. The monoisotopic (exact) mass is 333 g/mol. The van der Waals surface area contributed by atoms with E-state index < -0.39 is 5.56 Å². The van der Waals surface area contributed by atoms with Gasteiger partial charge < -0.3 is 5.73 Å². The SMILES string of the molecule is Nc1nc2nc(C(Br)Br)cnc2c(=O)[nH]1. The number of nitrogens with zero attached hydrogens (tertiary/aromatic N) is 3. The predicted molar refractivity (Wildman–Crippen MR) is 63.0 cm³/mol. The highest BCUT2D eigenvalue weighted by Crippen LogP contribution is 2.27. The summed E-state index contributed by atoms with van der Waals surface area (Å²) in [6, 6.07) is 0. The lowest BCUT2D eigenvalue weighted by Crippen LogP contribution is -2.13. The molecule has 0 fully saturated rings. The number of aromatic amines is 1. The second-order valence-electron chi connectivity index (χ2n) is 2.72. The quantitative estimate of drug-likeness (QED) is 0.760. The van der Waals surface area contributed by atoms with E-state index in [1.807, 2.05) is 0 Å². The summed E-state index contributed by atoms with van der Waals surface area (Å²) in [6.07, 6.45) is 1.49. The number of nitrogens with one attached hydrogen (secondary N) is 1. The Balaban J connectivity index is 2.77. The molecular weight excluding hydrogens is 330 g/mol. The number of fused-ring (bicyclic) bond motifs is 1. The fraction of sp³-hybridized carbons (Fsp3) is 0.143. The Hall–Kier alpha value is -1.02. The third-order valence-electron chi connectivity index (χ3n) is 1.68. The summed E-state index contributed by atoms with van der Waals surface area (Å²) < 4.78 is -0.135. The highest BCUT2D eigenvalue weighted by molar-refractivity contribution is 9.24. The molecule has 6 nitrogen and oxygen atoms in total. The van der Waals surface area contributed by atoms with E-state index in [9.17, 15) is 4.79 Å². The van der Waals surface area contributed by atoms with Gasteiger partial charge in [-0.05, 0) is 0 Å². The first-order valence-corrected chi connectivity index (χ1v) is 5.71. The van der Waals surface area contributed by atoms with Crippen molar-refractivity contribution in [3.63, 3.8) is 0 Å². The summed E-state index contributed by atoms with van der Waals surface area (Å²) in [5, 5.41) is 0. The van der Waals surface area contributed by atoms with Crippen molar-refractivity contribution in [1.29, 1.82) is 0 Å². The van der Waals surface area contributed by atoms with Crippen molar-refractivity contribution in [2.75, 3.05) is 5.73 Å². The van der Waals surface area contributed by atoms with Gasteiger partial charge in [0.15, 0.2) is 11.2 Å². The lowest BCUT2D eigenvalue weighted by Gasteiger charge is -2.01. The zero-order valence-electron chi connectivity index (χ0n) is 7.24. The van der Waals surface area contributed by atoms with Crippen LogP contribution in [-0.4, -0.2) is 19.9 Å². The zero-order valence-corrected chi connectivity index (χ0v) is 10.4. The Labute approximate surface area is 101 Å². The fourth-order valence-electron chi connectivity index (χ4n) is 1.05. The minimum atomic E-state index is -0.391. The molecule has 2 heterocycles. The largest absolute Gasteiger partial charge is 0.369 e. The number of nitrogen functional groups attached to an aromatic ring is 1. The molecule has 0 unspecified atom stereocenters. The van der Waals surface area contributed by atoms with Crippen molar-refractivity contribution < 1.29 is 0 Å². The molecule has 0 radical (unpaired) electrons. The second-order valence-corrected chi connectivity index (χ2v) is 5.78. The van der Waals surface area contributed by atoms with Crippen LogP contribution in [0.25, 0.3) is 11.2 Å². The van der Waals surface area contributed by atoms with Crippen molar-refractivity contribution >= 4 is 49.0 Å². The Kier molecular flexibility index (Phi) is 2.70. The summed E-state index contributed by atoms with van der Waals surface area (Å²) in [5.41, 5.74) is 6.04. The molecule has 0 spiro atoms. The fourth-order valence-corrected chi connectivity index (χ4v) is 1.49. The number of alkyl halides is 2. The zero-order chi connectivity index (χ0) is 11.0. The van der Waals surface area contributed by atoms with E-state index >= 15 is 0 Å². The van der Waals surface area contributed by atoms with Gasteiger partial charge in [-0.2, -0.15) is 4.98 Å². The normalized spacial score (nSPS) is 11.1. The molecule has 78 valence electrons. The van der Waals surface area contributed by atoms with Gasteiger partial charge in [-0.1, -0.05) is 31.9 Å². The molecule has 2 rings (SSSR count). The van der Waals surface area contributed by atoms with Gasteiger partial charge in [-0.25, -0.2) is 9.97 Å². The first kappa shape index (κ1) is 10.5. The molecule has 2 aromatic heterocycles. The smallest absolute Gasteiger partial charge is 0.280 e. The van der Waals surface area contributed by atoms with Gasteiger partial charge in [0, 0.05) is 0 Å². The highest BCUT2D eigenvalue weighted by Gasteiger charge is 2.09. The molecule has 8 heteroatoms. The van der Waals surface area contributed by atoms with E-state index in [0.717, 1.165) is 0 Å². The van der Waals surface area contributed by atoms with E-state index in [4.69, 9.17) is 5.73 Å². The molecular formula is C7H5Br2N5O. The molecule has 3 N–H and O–H groups in total. The summed E-state index contributed by atoms with van der Waals surface area (Å²) in [5.74, 6) is 0.0274. The van der Waals surface area contributed by atoms with Crippen LogP contribution >= 0.6 is 31.9 Å². The minimum Gasteiger partial charge on any atom is -0.369 e. The first-order chi connectivity index (χ1) is 7.08. The molecule has 0 bridgehead atoms. The number of anilines is 1. The third kappa shape index (κ3) is 2.00. The van der Waals surface area contributed by atoms with E-state index in [2.05, 4.69) is 51.8 Å². The van der Waals surface area contributed by atoms with Gasteiger partial charge in [0.05, 0.1) is 11.9 Å². The van der Waals surface area contributed by atoms with Crippen molar-refractivity contribution in [2.24, 2.45) is 0 Å². The van der Waals surface area contributed by atoms with Gasteiger partial charge in [-0.15, -0.1) is 0 Å². The highest BCUT2D eigenvalue weighted by atomic mass is 79.9. The van der Waals surface area contributed by atoms with Crippen LogP contribution in [0, 0.1) is 0 Å². The topological polar surface area (TPSA) is 97.5 Å². The molecule has 0 saturated carbocycles. The van der Waals surface area contributed by atoms with Crippen LogP contribution in [-0.2, 0) is 0 Å². The Morgan fingerprint density at radius 2 is 2.13 bits per heavy atom. The summed E-state index contributed by atoms with van der Waals surface area (Å²) >= 11 is 6.55. The number of rotatable bonds is 1. The van der Waals surface area contributed by atoms with Crippen LogP contribution in [0.4, 0.5) is 5.95 Å². The number of H-pyrrole nitrogens is 1. The lowest BCUT2D eigenvalue weighted by atomic mass is 10.4. The first-order valence-electron chi connectivity index (χ1n) is 3.88. The molecule has 0 amide bonds. The van der Waals surface area contributed by atoms with E-state index in [0.29, 0.717) is 5.69 Å². The third-order valence-corrected chi connectivity index (χ3v) is 2.62. The van der Waals surface area contributed by atoms with E-state index in [1.54, 1.807) is 0 Å². The lowest BCUT2D eigenvalue weighted by molar-refractivity contribution is 1.08. The van der Waals surface area contributed by atoms with Gasteiger partial charge in [0.1, 0.15) is 3.74 Å². The number of nitrogens with two attached hydrogens (primary N) is 1. The van der Waals surface area contributed by atoms with Crippen molar-refractivity contribution in [1.82, 2.24) is 19.9 Å². The Bertz CT molecular complexity index is 567. The maximum Gasteiger partial charge on any atom is 0.280 e. The van der Waals surface area contributed by atoms with Crippen molar-refractivity contribution in [3.05, 3.63) is 22.2 Å². The summed E-state index contributed by atoms with van der Waals surface area (Å²) in [6.45, 7) is 0. The number of hydrogen-bond acceptors (Lipinski definition) is 5. The van der Waals surface area contributed by atoms with Crippen LogP contribution in [0.1, 0.15) is 9.43 Å². The molecule has 2 aromatic rings. The number of aromatic nitrogens is 4. The van der Waals surface area contributed by atoms with E-state index in [-0.39, 0.29) is 20.8 Å². The molecule has 0 aromatic carbocycles. The molecule has 0 aliphatic carbocycles. The van der Waals surface area contributed by atoms with Gasteiger partial charge >= 0.3 is 0 Å². The van der Waals surface area contributed by atoms with Gasteiger partial charge in [-0.3, -0.25) is 9.78 Å². The van der Waals surface area contributed by atoms with Gasteiger partial charge in [0.25, 0.3) is 5.56 Å². The van der Waals surface area contributed by atoms with Crippen LogP contribution in [0.5, 0.6) is 0 Å². The van der Waals surface area contributed by atoms with Crippen molar-refractivity contribution in [3.8, 4) is 0 Å². The molecule has 0 atom stereocenters. The van der Waals surface area contributed by atoms with Crippen LogP contribution in [0.15, 0.2) is 11.0 Å². The Morgan fingerprint density at radius 3 is 2.80 bits per heavy atom. The van der Waals surface area contributed by atoms with Gasteiger partial charge in [0.2, 0.25) is 5.95 Å². The van der Waals surface area contributed by atoms with Crippen LogP contribution in [0.3, 0.4) is 0 Å². The average Bonchev–Trinajstić information content (AvgIpc) is 2.16. The maximum absolute atomic E-state index is 11.4. The molecule has 0 aliphatic rings. The standard InChI is InChI=1S/C7H5Br2N5O/c8-4(9)2-1-11-3-5(12-2)13-7(10)14-6(3)15/h1,4H,(H3,10,12,13,14,15). The summed E-state index contributed by atoms with van der Waals surface area (Å²) in [4.78, 5) is 25.7. The molecule has 0 aliphatic heterocycles.